The standard InChI is InChI=1S/C12H16N2O2S3/c1-9-3-5-17-10(9)8-14-19(15,16)12-4-6-18-11(12)7-13-2/h3-6,13-14H,7-8H2,1-2H3. The summed E-state index contributed by atoms with van der Waals surface area (Å²) in [5, 5.41) is 6.75. The summed E-state index contributed by atoms with van der Waals surface area (Å²) < 4.78 is 27.2. The van der Waals surface area contributed by atoms with Crippen molar-refractivity contribution >= 4 is 32.7 Å². The third-order valence-electron chi connectivity index (χ3n) is 2.72. The molecule has 104 valence electrons. The van der Waals surface area contributed by atoms with E-state index in [4.69, 9.17) is 0 Å². The van der Waals surface area contributed by atoms with Crippen LogP contribution in [-0.4, -0.2) is 15.5 Å². The van der Waals surface area contributed by atoms with E-state index in [0.717, 1.165) is 15.3 Å². The third kappa shape index (κ3) is 3.43. The Balaban J connectivity index is 2.14. The van der Waals surface area contributed by atoms with Crippen molar-refractivity contribution in [3.05, 3.63) is 38.2 Å². The Morgan fingerprint density at radius 2 is 1.79 bits per heavy atom. The van der Waals surface area contributed by atoms with E-state index in [-0.39, 0.29) is 0 Å². The molecule has 0 saturated carbocycles. The molecule has 2 aromatic rings. The summed E-state index contributed by atoms with van der Waals surface area (Å²) >= 11 is 3.01. The highest BCUT2D eigenvalue weighted by atomic mass is 32.2. The predicted octanol–water partition coefficient (Wildman–Crippen LogP) is 2.32. The van der Waals surface area contributed by atoms with Gasteiger partial charge in [-0.3, -0.25) is 0 Å². The van der Waals surface area contributed by atoms with E-state index in [1.807, 2.05) is 18.4 Å². The van der Waals surface area contributed by atoms with Crippen LogP contribution in [0.3, 0.4) is 0 Å². The Hall–Kier alpha value is -0.730. The van der Waals surface area contributed by atoms with Crippen LogP contribution in [0.15, 0.2) is 27.8 Å². The zero-order chi connectivity index (χ0) is 13.9. The van der Waals surface area contributed by atoms with Gasteiger partial charge in [0.05, 0.1) is 4.90 Å². The minimum Gasteiger partial charge on any atom is -0.315 e. The van der Waals surface area contributed by atoms with Gasteiger partial charge in [-0.15, -0.1) is 22.7 Å². The predicted molar refractivity (Wildman–Crippen MR) is 80.2 cm³/mol. The maximum atomic E-state index is 12.3. The number of aryl methyl sites for hydroxylation is 1. The molecule has 4 nitrogen and oxygen atoms in total. The van der Waals surface area contributed by atoms with Crippen LogP contribution in [0.1, 0.15) is 15.3 Å². The highest BCUT2D eigenvalue weighted by molar-refractivity contribution is 7.89. The first-order valence-electron chi connectivity index (χ1n) is 5.78. The van der Waals surface area contributed by atoms with Crippen molar-refractivity contribution < 1.29 is 8.42 Å². The zero-order valence-electron chi connectivity index (χ0n) is 10.8. The molecule has 2 rings (SSSR count). The van der Waals surface area contributed by atoms with Gasteiger partial charge in [0.1, 0.15) is 0 Å². The topological polar surface area (TPSA) is 58.2 Å². The lowest BCUT2D eigenvalue weighted by molar-refractivity contribution is 0.580. The smallest absolute Gasteiger partial charge is 0.242 e. The Morgan fingerprint density at radius 3 is 2.42 bits per heavy atom. The minimum atomic E-state index is -3.44. The number of nitrogens with one attached hydrogen (secondary N) is 2. The fourth-order valence-electron chi connectivity index (χ4n) is 1.68. The molecular weight excluding hydrogens is 300 g/mol. The Kier molecular flexibility index (Phi) is 4.75. The van der Waals surface area contributed by atoms with E-state index >= 15 is 0 Å². The Labute approximate surface area is 121 Å². The SMILES string of the molecule is CNCc1sccc1S(=O)(=O)NCc1sccc1C. The molecule has 2 heterocycles. The van der Waals surface area contributed by atoms with Gasteiger partial charge in [-0.1, -0.05) is 0 Å². The van der Waals surface area contributed by atoms with Gasteiger partial charge in [0.2, 0.25) is 10.0 Å². The van der Waals surface area contributed by atoms with E-state index in [1.54, 1.807) is 29.8 Å². The van der Waals surface area contributed by atoms with Crippen molar-refractivity contribution in [2.75, 3.05) is 7.05 Å². The van der Waals surface area contributed by atoms with E-state index in [2.05, 4.69) is 10.0 Å². The van der Waals surface area contributed by atoms with Crippen LogP contribution in [-0.2, 0) is 23.1 Å². The maximum absolute atomic E-state index is 12.3. The second-order valence-corrected chi connectivity index (χ2v) is 7.83. The zero-order valence-corrected chi connectivity index (χ0v) is 13.2. The minimum absolute atomic E-state index is 0.348. The lowest BCUT2D eigenvalue weighted by Crippen LogP contribution is -2.24. The van der Waals surface area contributed by atoms with Crippen molar-refractivity contribution in [3.63, 3.8) is 0 Å². The molecule has 7 heteroatoms. The lowest BCUT2D eigenvalue weighted by Gasteiger charge is -2.07. The number of rotatable bonds is 6. The first-order chi connectivity index (χ1) is 9.04. The van der Waals surface area contributed by atoms with Gasteiger partial charge in [0.15, 0.2) is 0 Å². The highest BCUT2D eigenvalue weighted by Gasteiger charge is 2.19. The molecule has 0 amide bonds. The monoisotopic (exact) mass is 316 g/mol. The van der Waals surface area contributed by atoms with Gasteiger partial charge >= 0.3 is 0 Å². The van der Waals surface area contributed by atoms with Gasteiger partial charge in [-0.05, 0) is 42.4 Å². The fourth-order valence-corrected chi connectivity index (χ4v) is 5.07. The molecule has 0 aliphatic heterocycles. The van der Waals surface area contributed by atoms with Crippen molar-refractivity contribution in [3.8, 4) is 0 Å². The molecule has 19 heavy (non-hydrogen) atoms. The van der Waals surface area contributed by atoms with E-state index in [9.17, 15) is 8.42 Å². The maximum Gasteiger partial charge on any atom is 0.242 e. The molecule has 0 atom stereocenters. The van der Waals surface area contributed by atoms with Gasteiger partial charge in [-0.2, -0.15) is 0 Å². The van der Waals surface area contributed by atoms with Gasteiger partial charge in [0.25, 0.3) is 0 Å². The summed E-state index contributed by atoms with van der Waals surface area (Å²) in [5.41, 5.74) is 1.12. The highest BCUT2D eigenvalue weighted by Crippen LogP contribution is 2.22. The van der Waals surface area contributed by atoms with E-state index < -0.39 is 10.0 Å². The van der Waals surface area contributed by atoms with Crippen LogP contribution in [0.25, 0.3) is 0 Å². The molecule has 0 aliphatic carbocycles. The van der Waals surface area contributed by atoms with Crippen LogP contribution >= 0.6 is 22.7 Å². The molecule has 0 radical (unpaired) electrons. The van der Waals surface area contributed by atoms with Gasteiger partial charge in [-0.25, -0.2) is 13.1 Å². The fraction of sp³-hybridized carbons (Fsp3) is 0.333. The largest absolute Gasteiger partial charge is 0.315 e. The molecule has 0 aromatic carbocycles. The van der Waals surface area contributed by atoms with E-state index in [0.29, 0.717) is 18.0 Å². The first kappa shape index (κ1) is 14.7. The Bertz CT molecular complexity index is 643. The average Bonchev–Trinajstić information content (AvgIpc) is 2.97. The summed E-state index contributed by atoms with van der Waals surface area (Å²) in [6.07, 6.45) is 0. The lowest BCUT2D eigenvalue weighted by atomic mass is 10.3. The summed E-state index contributed by atoms with van der Waals surface area (Å²) in [5.74, 6) is 0. The Morgan fingerprint density at radius 1 is 1.11 bits per heavy atom. The molecule has 2 aromatic heterocycles. The van der Waals surface area contributed by atoms with Crippen molar-refractivity contribution in [1.82, 2.24) is 10.0 Å². The van der Waals surface area contributed by atoms with Crippen molar-refractivity contribution in [2.45, 2.75) is 24.9 Å². The molecular formula is C12H16N2O2S3. The molecule has 0 aliphatic rings. The molecule has 0 bridgehead atoms. The van der Waals surface area contributed by atoms with Crippen LogP contribution in [0.5, 0.6) is 0 Å². The second-order valence-electron chi connectivity index (χ2n) is 4.09. The van der Waals surface area contributed by atoms with E-state index in [1.165, 1.54) is 11.3 Å². The van der Waals surface area contributed by atoms with Crippen LogP contribution in [0.2, 0.25) is 0 Å². The molecule has 2 N–H and O–H groups in total. The van der Waals surface area contributed by atoms with Crippen molar-refractivity contribution in [2.24, 2.45) is 0 Å². The number of hydrogen-bond donors (Lipinski definition) is 2. The summed E-state index contributed by atoms with van der Waals surface area (Å²) in [6, 6.07) is 3.65. The summed E-state index contributed by atoms with van der Waals surface area (Å²) in [7, 11) is -1.63. The van der Waals surface area contributed by atoms with Gasteiger partial charge < -0.3 is 5.32 Å². The average molecular weight is 316 g/mol. The molecule has 0 unspecified atom stereocenters. The third-order valence-corrected chi connectivity index (χ3v) is 6.28. The number of hydrogen-bond acceptors (Lipinski definition) is 5. The molecule has 0 spiro atoms. The second kappa shape index (κ2) is 6.15. The summed E-state index contributed by atoms with van der Waals surface area (Å²) in [6.45, 7) is 2.89. The van der Waals surface area contributed by atoms with Crippen LogP contribution < -0.4 is 10.0 Å². The normalized spacial score (nSPS) is 11.9. The number of thiophene rings is 2. The quantitative estimate of drug-likeness (QED) is 0.860. The summed E-state index contributed by atoms with van der Waals surface area (Å²) in [4.78, 5) is 2.26. The first-order valence-corrected chi connectivity index (χ1v) is 9.02. The molecule has 0 saturated heterocycles. The van der Waals surface area contributed by atoms with Crippen molar-refractivity contribution in [1.29, 1.82) is 0 Å². The van der Waals surface area contributed by atoms with Crippen LogP contribution in [0, 0.1) is 6.92 Å². The molecule has 0 fully saturated rings. The number of sulfonamides is 1. The van der Waals surface area contributed by atoms with Crippen LogP contribution in [0.4, 0.5) is 0 Å². The van der Waals surface area contributed by atoms with Gasteiger partial charge in [0, 0.05) is 22.8 Å².